The Labute approximate surface area is 183 Å². The highest BCUT2D eigenvalue weighted by Gasteiger charge is 2.26. The standard InChI is InChI=1S/C25H30N4O2/c1-27(2)16-17-28(21-8-4-3-5-9-21)25(31)20-13-11-19(12-14-20)24(30)22-18-26-23-10-6-7-15-29(22)23/h6-7,10-15,18,21H,3-5,8-9,16-17H2,1-2H3. The summed E-state index contributed by atoms with van der Waals surface area (Å²) >= 11 is 0. The molecule has 0 radical (unpaired) electrons. The van der Waals surface area contributed by atoms with Gasteiger partial charge in [0.1, 0.15) is 11.3 Å². The second-order valence-corrected chi connectivity index (χ2v) is 8.57. The third kappa shape index (κ3) is 4.69. The molecule has 1 aromatic carbocycles. The summed E-state index contributed by atoms with van der Waals surface area (Å²) in [5.74, 6) is -0.0444. The van der Waals surface area contributed by atoms with E-state index in [1.54, 1.807) is 34.9 Å². The molecule has 1 fully saturated rings. The maximum atomic E-state index is 13.3. The van der Waals surface area contributed by atoms with Crippen molar-refractivity contribution in [2.75, 3.05) is 27.2 Å². The van der Waals surface area contributed by atoms with Gasteiger partial charge in [0.25, 0.3) is 5.91 Å². The second-order valence-electron chi connectivity index (χ2n) is 8.57. The average molecular weight is 419 g/mol. The number of imidazole rings is 1. The zero-order valence-electron chi connectivity index (χ0n) is 18.3. The Morgan fingerprint density at radius 2 is 1.68 bits per heavy atom. The van der Waals surface area contributed by atoms with E-state index in [0.717, 1.165) is 31.6 Å². The maximum absolute atomic E-state index is 13.3. The molecule has 31 heavy (non-hydrogen) atoms. The van der Waals surface area contributed by atoms with Crippen molar-refractivity contribution in [3.05, 3.63) is 71.7 Å². The smallest absolute Gasteiger partial charge is 0.254 e. The number of carbonyl (C=O) groups is 2. The molecular formula is C25H30N4O2. The van der Waals surface area contributed by atoms with E-state index in [0.29, 0.717) is 22.9 Å². The van der Waals surface area contributed by atoms with Gasteiger partial charge < -0.3 is 9.80 Å². The molecule has 0 spiro atoms. The van der Waals surface area contributed by atoms with Crippen LogP contribution in [0.5, 0.6) is 0 Å². The first-order valence-corrected chi connectivity index (χ1v) is 11.1. The van der Waals surface area contributed by atoms with Crippen LogP contribution in [0.15, 0.2) is 54.9 Å². The molecule has 0 atom stereocenters. The number of fused-ring (bicyclic) bond motifs is 1. The zero-order valence-corrected chi connectivity index (χ0v) is 18.3. The number of aromatic nitrogens is 2. The van der Waals surface area contributed by atoms with Gasteiger partial charge in [0.15, 0.2) is 0 Å². The van der Waals surface area contributed by atoms with Crippen molar-refractivity contribution in [2.24, 2.45) is 0 Å². The van der Waals surface area contributed by atoms with Gasteiger partial charge in [0, 0.05) is 36.5 Å². The fourth-order valence-electron chi connectivity index (χ4n) is 4.33. The van der Waals surface area contributed by atoms with Crippen LogP contribution >= 0.6 is 0 Å². The number of ketones is 1. The summed E-state index contributed by atoms with van der Waals surface area (Å²) in [6, 6.07) is 13.0. The van der Waals surface area contributed by atoms with Gasteiger partial charge in [-0.2, -0.15) is 0 Å². The van der Waals surface area contributed by atoms with Crippen molar-refractivity contribution >= 4 is 17.3 Å². The highest BCUT2D eigenvalue weighted by atomic mass is 16.2. The van der Waals surface area contributed by atoms with Crippen LogP contribution in [-0.4, -0.2) is 64.1 Å². The molecule has 1 saturated carbocycles. The van der Waals surface area contributed by atoms with Gasteiger partial charge in [-0.3, -0.25) is 14.0 Å². The van der Waals surface area contributed by atoms with E-state index in [4.69, 9.17) is 0 Å². The predicted molar refractivity (Wildman–Crippen MR) is 122 cm³/mol. The molecule has 1 amide bonds. The van der Waals surface area contributed by atoms with Crippen molar-refractivity contribution in [3.8, 4) is 0 Å². The van der Waals surface area contributed by atoms with Crippen LogP contribution in [0.4, 0.5) is 0 Å². The summed E-state index contributed by atoms with van der Waals surface area (Å²) < 4.78 is 1.79. The molecule has 1 aliphatic rings. The molecule has 0 saturated heterocycles. The van der Waals surface area contributed by atoms with Crippen LogP contribution in [-0.2, 0) is 0 Å². The van der Waals surface area contributed by atoms with E-state index in [2.05, 4.69) is 9.88 Å². The molecule has 0 unspecified atom stereocenters. The molecular weight excluding hydrogens is 388 g/mol. The Morgan fingerprint density at radius 1 is 0.968 bits per heavy atom. The van der Waals surface area contributed by atoms with Gasteiger partial charge in [0.05, 0.1) is 6.20 Å². The molecule has 6 nitrogen and oxygen atoms in total. The zero-order chi connectivity index (χ0) is 21.8. The van der Waals surface area contributed by atoms with E-state index < -0.39 is 0 Å². The van der Waals surface area contributed by atoms with Gasteiger partial charge >= 0.3 is 0 Å². The van der Waals surface area contributed by atoms with Gasteiger partial charge in [-0.15, -0.1) is 0 Å². The number of pyridine rings is 1. The summed E-state index contributed by atoms with van der Waals surface area (Å²) in [6.45, 7) is 1.56. The van der Waals surface area contributed by atoms with E-state index in [9.17, 15) is 9.59 Å². The molecule has 2 aromatic heterocycles. The fraction of sp³-hybridized carbons (Fsp3) is 0.400. The summed E-state index contributed by atoms with van der Waals surface area (Å²) in [5, 5.41) is 0. The van der Waals surface area contributed by atoms with Crippen LogP contribution in [0, 0.1) is 0 Å². The van der Waals surface area contributed by atoms with Crippen molar-refractivity contribution in [3.63, 3.8) is 0 Å². The lowest BCUT2D eigenvalue weighted by atomic mass is 9.93. The average Bonchev–Trinajstić information content (AvgIpc) is 3.23. The minimum absolute atomic E-state index is 0.0579. The number of hydrogen-bond donors (Lipinski definition) is 0. The van der Waals surface area contributed by atoms with E-state index >= 15 is 0 Å². The molecule has 2 heterocycles. The van der Waals surface area contributed by atoms with Crippen LogP contribution in [0.2, 0.25) is 0 Å². The number of amides is 1. The molecule has 4 rings (SSSR count). The Morgan fingerprint density at radius 3 is 2.39 bits per heavy atom. The number of likely N-dealkylation sites (N-methyl/N-ethyl adjacent to an activating group) is 1. The lowest BCUT2D eigenvalue weighted by Crippen LogP contribution is -2.44. The van der Waals surface area contributed by atoms with Crippen molar-refractivity contribution in [2.45, 2.75) is 38.1 Å². The number of nitrogens with zero attached hydrogens (tertiary/aromatic N) is 4. The Hall–Kier alpha value is -2.99. The lowest BCUT2D eigenvalue weighted by Gasteiger charge is -2.35. The molecule has 1 aliphatic carbocycles. The third-order valence-corrected chi connectivity index (χ3v) is 6.11. The Bertz CT molecular complexity index is 1050. The molecule has 162 valence electrons. The summed E-state index contributed by atoms with van der Waals surface area (Å²) in [7, 11) is 4.06. The summed E-state index contributed by atoms with van der Waals surface area (Å²) in [6.07, 6.45) is 9.20. The first kappa shape index (κ1) is 21.2. The topological polar surface area (TPSA) is 57.9 Å². The number of carbonyl (C=O) groups excluding carboxylic acids is 2. The van der Waals surface area contributed by atoms with Gasteiger partial charge in [-0.25, -0.2) is 4.98 Å². The highest BCUT2D eigenvalue weighted by molar-refractivity contribution is 6.08. The first-order valence-electron chi connectivity index (χ1n) is 11.1. The Kier molecular flexibility index (Phi) is 6.47. The van der Waals surface area contributed by atoms with Crippen molar-refractivity contribution < 1.29 is 9.59 Å². The number of rotatable bonds is 7. The maximum Gasteiger partial charge on any atom is 0.254 e. The van der Waals surface area contributed by atoms with Crippen LogP contribution in [0.25, 0.3) is 5.65 Å². The predicted octanol–water partition coefficient (Wildman–Crippen LogP) is 3.90. The molecule has 0 aliphatic heterocycles. The molecule has 0 bridgehead atoms. The second kappa shape index (κ2) is 9.43. The van der Waals surface area contributed by atoms with Crippen LogP contribution < -0.4 is 0 Å². The number of benzene rings is 1. The molecule has 6 heteroatoms. The minimum Gasteiger partial charge on any atom is -0.334 e. The van der Waals surface area contributed by atoms with Crippen molar-refractivity contribution in [1.29, 1.82) is 0 Å². The van der Waals surface area contributed by atoms with E-state index in [-0.39, 0.29) is 11.7 Å². The van der Waals surface area contributed by atoms with Gasteiger partial charge in [-0.1, -0.05) is 37.5 Å². The van der Waals surface area contributed by atoms with E-state index in [1.807, 2.05) is 43.4 Å². The largest absolute Gasteiger partial charge is 0.334 e. The molecule has 0 N–H and O–H groups in total. The van der Waals surface area contributed by atoms with Gasteiger partial charge in [-0.05, 0) is 51.2 Å². The monoisotopic (exact) mass is 418 g/mol. The lowest BCUT2D eigenvalue weighted by molar-refractivity contribution is 0.0618. The summed E-state index contributed by atoms with van der Waals surface area (Å²) in [4.78, 5) is 34.8. The van der Waals surface area contributed by atoms with Gasteiger partial charge in [0.2, 0.25) is 5.78 Å². The summed E-state index contributed by atoms with van der Waals surface area (Å²) in [5.41, 5.74) is 2.45. The fourth-order valence-corrected chi connectivity index (χ4v) is 4.33. The first-order chi connectivity index (χ1) is 15.0. The number of hydrogen-bond acceptors (Lipinski definition) is 4. The highest BCUT2D eigenvalue weighted by Crippen LogP contribution is 2.24. The minimum atomic E-state index is -0.102. The normalized spacial score (nSPS) is 14.8. The molecule has 3 aromatic rings. The third-order valence-electron chi connectivity index (χ3n) is 6.11. The SMILES string of the molecule is CN(C)CCN(C(=O)c1ccc(C(=O)c2cnc3ccccn23)cc1)C1CCCCC1. The van der Waals surface area contributed by atoms with Crippen molar-refractivity contribution in [1.82, 2.24) is 19.2 Å². The van der Waals surface area contributed by atoms with E-state index in [1.165, 1.54) is 19.3 Å². The quantitative estimate of drug-likeness (QED) is 0.546. The van der Waals surface area contributed by atoms with Crippen LogP contribution in [0.1, 0.15) is 58.5 Å². The Balaban J connectivity index is 1.53. The van der Waals surface area contributed by atoms with Crippen LogP contribution in [0.3, 0.4) is 0 Å².